The number of hydrogen-bond acceptors (Lipinski definition) is 2. The maximum absolute atomic E-state index is 14.4. The van der Waals surface area contributed by atoms with Crippen molar-refractivity contribution in [2.45, 2.75) is 50.3 Å². The van der Waals surface area contributed by atoms with Crippen LogP contribution in [0.15, 0.2) is 72.8 Å². The fraction of sp³-hybridized carbons (Fsp3) is 0.379. The molecule has 0 spiro atoms. The van der Waals surface area contributed by atoms with Crippen molar-refractivity contribution in [1.82, 2.24) is 4.90 Å². The summed E-state index contributed by atoms with van der Waals surface area (Å²) >= 11 is 6.00. The van der Waals surface area contributed by atoms with Crippen molar-refractivity contribution in [2.75, 3.05) is 19.6 Å². The predicted molar refractivity (Wildman–Crippen MR) is 135 cm³/mol. The minimum atomic E-state index is -4.57. The van der Waals surface area contributed by atoms with Gasteiger partial charge in [0.05, 0.1) is 5.56 Å². The van der Waals surface area contributed by atoms with Gasteiger partial charge in [-0.25, -0.2) is 4.39 Å². The van der Waals surface area contributed by atoms with Crippen LogP contribution >= 0.6 is 11.6 Å². The average Bonchev–Trinajstić information content (AvgIpc) is 2.88. The lowest BCUT2D eigenvalue weighted by molar-refractivity contribution is -0.137. The SMILES string of the molecule is Fc1ccc(C(F)(F)F)cc1OC(CCCCN1CCC(c2ccccc2)CC1)c1ccc(Cl)cc1. The molecule has 1 fully saturated rings. The maximum Gasteiger partial charge on any atom is 0.416 e. The summed E-state index contributed by atoms with van der Waals surface area (Å²) in [6.45, 7) is 3.05. The fourth-order valence-corrected chi connectivity index (χ4v) is 4.90. The summed E-state index contributed by atoms with van der Waals surface area (Å²) in [6.07, 6.45) is -0.608. The van der Waals surface area contributed by atoms with E-state index in [1.807, 2.05) is 6.07 Å². The van der Waals surface area contributed by atoms with Crippen molar-refractivity contribution in [3.05, 3.63) is 100 Å². The summed E-state index contributed by atoms with van der Waals surface area (Å²) in [5, 5.41) is 0.543. The molecular formula is C29H30ClF4NO. The van der Waals surface area contributed by atoms with Gasteiger partial charge in [0.2, 0.25) is 0 Å². The third-order valence-electron chi connectivity index (χ3n) is 6.82. The number of likely N-dealkylation sites (tertiary alicyclic amines) is 1. The Hall–Kier alpha value is -2.57. The van der Waals surface area contributed by atoms with Gasteiger partial charge in [0.15, 0.2) is 11.6 Å². The first-order chi connectivity index (χ1) is 17.3. The first-order valence-corrected chi connectivity index (χ1v) is 12.7. The Kier molecular flexibility index (Phi) is 8.91. The zero-order chi connectivity index (χ0) is 25.5. The summed E-state index contributed by atoms with van der Waals surface area (Å²) in [4.78, 5) is 2.46. The van der Waals surface area contributed by atoms with Crippen LogP contribution in [0.1, 0.15) is 60.8 Å². The highest BCUT2D eigenvalue weighted by molar-refractivity contribution is 6.30. The van der Waals surface area contributed by atoms with Crippen LogP contribution in [0.4, 0.5) is 17.6 Å². The highest BCUT2D eigenvalue weighted by atomic mass is 35.5. The number of alkyl halides is 3. The van der Waals surface area contributed by atoms with Gasteiger partial charge in [-0.05, 0) is 99.1 Å². The van der Waals surface area contributed by atoms with Crippen molar-refractivity contribution in [2.24, 2.45) is 0 Å². The predicted octanol–water partition coefficient (Wildman–Crippen LogP) is 8.67. The number of benzene rings is 3. The van der Waals surface area contributed by atoms with Crippen molar-refractivity contribution in [3.63, 3.8) is 0 Å². The average molecular weight is 520 g/mol. The van der Waals surface area contributed by atoms with E-state index in [-0.39, 0.29) is 0 Å². The van der Waals surface area contributed by atoms with Crippen LogP contribution in [0.5, 0.6) is 5.75 Å². The van der Waals surface area contributed by atoms with Gasteiger partial charge in [0.25, 0.3) is 0 Å². The van der Waals surface area contributed by atoms with E-state index >= 15 is 0 Å². The van der Waals surface area contributed by atoms with Crippen LogP contribution in [0.2, 0.25) is 5.02 Å². The number of rotatable bonds is 9. The van der Waals surface area contributed by atoms with Gasteiger partial charge in [-0.15, -0.1) is 0 Å². The van der Waals surface area contributed by atoms with Crippen LogP contribution in [0.25, 0.3) is 0 Å². The van der Waals surface area contributed by atoms with E-state index in [0.29, 0.717) is 17.4 Å². The molecule has 192 valence electrons. The second kappa shape index (κ2) is 12.1. The summed E-state index contributed by atoms with van der Waals surface area (Å²) in [7, 11) is 0. The van der Waals surface area contributed by atoms with E-state index in [4.69, 9.17) is 16.3 Å². The van der Waals surface area contributed by atoms with Gasteiger partial charge >= 0.3 is 6.18 Å². The van der Waals surface area contributed by atoms with Gasteiger partial charge in [0.1, 0.15) is 6.10 Å². The molecule has 0 N–H and O–H groups in total. The Bertz CT molecular complexity index is 1100. The van der Waals surface area contributed by atoms with E-state index in [0.717, 1.165) is 69.1 Å². The first-order valence-electron chi connectivity index (χ1n) is 12.4. The molecule has 0 radical (unpaired) electrons. The van der Waals surface area contributed by atoms with E-state index in [1.54, 1.807) is 24.3 Å². The van der Waals surface area contributed by atoms with E-state index in [1.165, 1.54) is 5.56 Å². The quantitative estimate of drug-likeness (QED) is 0.207. The normalized spacial score (nSPS) is 16.1. The summed E-state index contributed by atoms with van der Waals surface area (Å²) in [5.41, 5.74) is 1.22. The zero-order valence-electron chi connectivity index (χ0n) is 20.0. The van der Waals surface area contributed by atoms with Gasteiger partial charge in [-0.2, -0.15) is 13.2 Å². The van der Waals surface area contributed by atoms with E-state index < -0.39 is 29.4 Å². The van der Waals surface area contributed by atoms with Gasteiger partial charge in [-0.1, -0.05) is 54.1 Å². The van der Waals surface area contributed by atoms with Gasteiger partial charge in [0, 0.05) is 5.02 Å². The fourth-order valence-electron chi connectivity index (χ4n) is 4.77. The Morgan fingerprint density at radius 2 is 1.61 bits per heavy atom. The van der Waals surface area contributed by atoms with Crippen molar-refractivity contribution in [1.29, 1.82) is 0 Å². The first kappa shape index (κ1) is 26.5. The molecule has 1 unspecified atom stereocenters. The monoisotopic (exact) mass is 519 g/mol. The summed E-state index contributed by atoms with van der Waals surface area (Å²) < 4.78 is 59.7. The smallest absolute Gasteiger partial charge is 0.416 e. The summed E-state index contributed by atoms with van der Waals surface area (Å²) in [6, 6.07) is 19.8. The molecule has 1 aliphatic rings. The molecule has 1 saturated heterocycles. The van der Waals surface area contributed by atoms with Crippen molar-refractivity contribution >= 4 is 11.6 Å². The second-order valence-electron chi connectivity index (χ2n) is 9.32. The molecule has 3 aromatic rings. The Balaban J connectivity index is 1.34. The van der Waals surface area contributed by atoms with Crippen LogP contribution in [-0.4, -0.2) is 24.5 Å². The molecular weight excluding hydrogens is 490 g/mol. The van der Waals surface area contributed by atoms with Crippen LogP contribution in [0.3, 0.4) is 0 Å². The topological polar surface area (TPSA) is 12.5 Å². The molecule has 0 bridgehead atoms. The van der Waals surface area contributed by atoms with E-state index in [2.05, 4.69) is 29.2 Å². The van der Waals surface area contributed by atoms with Gasteiger partial charge < -0.3 is 9.64 Å². The molecule has 3 aromatic carbocycles. The van der Waals surface area contributed by atoms with Crippen LogP contribution < -0.4 is 4.74 Å². The van der Waals surface area contributed by atoms with Crippen LogP contribution in [0, 0.1) is 5.82 Å². The number of ether oxygens (including phenoxy) is 1. The highest BCUT2D eigenvalue weighted by Gasteiger charge is 2.32. The third-order valence-corrected chi connectivity index (χ3v) is 7.07. The molecule has 0 saturated carbocycles. The van der Waals surface area contributed by atoms with Gasteiger partial charge in [-0.3, -0.25) is 0 Å². The lowest BCUT2D eigenvalue weighted by Gasteiger charge is -2.32. The molecule has 0 aliphatic carbocycles. The maximum atomic E-state index is 14.4. The zero-order valence-corrected chi connectivity index (χ0v) is 20.7. The van der Waals surface area contributed by atoms with E-state index in [9.17, 15) is 17.6 Å². The molecule has 1 atom stereocenters. The number of nitrogens with zero attached hydrogens (tertiary/aromatic N) is 1. The van der Waals surface area contributed by atoms with Crippen LogP contribution in [-0.2, 0) is 6.18 Å². The number of hydrogen-bond donors (Lipinski definition) is 0. The molecule has 0 aromatic heterocycles. The Morgan fingerprint density at radius 1 is 0.917 bits per heavy atom. The lowest BCUT2D eigenvalue weighted by atomic mass is 9.89. The number of unbranched alkanes of at least 4 members (excludes halogenated alkanes) is 1. The second-order valence-corrected chi connectivity index (χ2v) is 9.76. The third kappa shape index (κ3) is 7.23. The highest BCUT2D eigenvalue weighted by Crippen LogP contribution is 2.35. The molecule has 36 heavy (non-hydrogen) atoms. The molecule has 7 heteroatoms. The number of piperidine rings is 1. The molecule has 0 amide bonds. The molecule has 1 heterocycles. The molecule has 1 aliphatic heterocycles. The number of halogens is 5. The minimum absolute atomic E-state index is 0.396. The Labute approximate surface area is 214 Å². The van der Waals surface area contributed by atoms with Crippen molar-refractivity contribution in [3.8, 4) is 5.75 Å². The van der Waals surface area contributed by atoms with Crippen molar-refractivity contribution < 1.29 is 22.3 Å². The Morgan fingerprint density at radius 3 is 2.28 bits per heavy atom. The minimum Gasteiger partial charge on any atom is -0.483 e. The lowest BCUT2D eigenvalue weighted by Crippen LogP contribution is -2.33. The molecule has 2 nitrogen and oxygen atoms in total. The largest absolute Gasteiger partial charge is 0.483 e. The summed E-state index contributed by atoms with van der Waals surface area (Å²) in [5.74, 6) is -0.608. The standard InChI is InChI=1S/C29H30ClF4NO/c30-25-12-9-23(10-13-25)27(36-28-20-24(29(32,33)34)11-14-26(28)31)8-4-5-17-35-18-15-22(16-19-35)21-6-2-1-3-7-21/h1-3,6-7,9-14,20,22,27H,4-5,8,15-19H2. The molecule has 4 rings (SSSR count).